The van der Waals surface area contributed by atoms with Crippen molar-refractivity contribution in [3.05, 3.63) is 34.3 Å². The van der Waals surface area contributed by atoms with Crippen molar-refractivity contribution in [3.8, 4) is 0 Å². The Labute approximate surface area is 116 Å². The maximum atomic E-state index is 12.5. The fourth-order valence-electron chi connectivity index (χ4n) is 1.87. The van der Waals surface area contributed by atoms with Crippen LogP contribution in [0.15, 0.2) is 23.7 Å². The predicted octanol–water partition coefficient (Wildman–Crippen LogP) is 2.11. The maximum Gasteiger partial charge on any atom is 0.277 e. The van der Waals surface area contributed by atoms with Crippen LogP contribution in [0.2, 0.25) is 0 Å². The Morgan fingerprint density at radius 1 is 1.58 bits per heavy atom. The fourth-order valence-corrected chi connectivity index (χ4v) is 2.57. The van der Waals surface area contributed by atoms with E-state index in [0.29, 0.717) is 17.9 Å². The van der Waals surface area contributed by atoms with Crippen molar-refractivity contribution < 1.29 is 4.79 Å². The number of amides is 1. The van der Waals surface area contributed by atoms with Crippen LogP contribution in [0.4, 0.5) is 5.69 Å². The number of nitrogens with zero attached hydrogens (tertiary/aromatic N) is 3. The first kappa shape index (κ1) is 13.6. The summed E-state index contributed by atoms with van der Waals surface area (Å²) >= 11 is 1.64. The van der Waals surface area contributed by atoms with Gasteiger partial charge in [-0.25, -0.2) is 0 Å². The van der Waals surface area contributed by atoms with Crippen LogP contribution in [-0.2, 0) is 13.6 Å². The predicted molar refractivity (Wildman–Crippen MR) is 76.9 cm³/mol. The molecule has 0 spiro atoms. The van der Waals surface area contributed by atoms with Crippen LogP contribution in [0.25, 0.3) is 0 Å². The Morgan fingerprint density at radius 2 is 2.32 bits per heavy atom. The molecule has 6 heteroatoms. The Kier molecular flexibility index (Phi) is 3.90. The van der Waals surface area contributed by atoms with E-state index in [2.05, 4.69) is 5.10 Å². The first-order valence-electron chi connectivity index (χ1n) is 6.11. The molecule has 2 aromatic rings. The fraction of sp³-hybridized carbons (Fsp3) is 0.385. The van der Waals surface area contributed by atoms with E-state index in [1.165, 1.54) is 0 Å². The Bertz CT molecular complexity index is 559. The molecule has 2 heterocycles. The van der Waals surface area contributed by atoms with E-state index in [0.717, 1.165) is 4.88 Å². The van der Waals surface area contributed by atoms with Gasteiger partial charge in [-0.15, -0.1) is 11.3 Å². The molecular formula is C13H18N4OS. The summed E-state index contributed by atoms with van der Waals surface area (Å²) in [5, 5.41) is 6.15. The number of carbonyl (C=O) groups excluding carboxylic acids is 1. The molecule has 0 aliphatic carbocycles. The van der Waals surface area contributed by atoms with Crippen LogP contribution in [0.3, 0.4) is 0 Å². The Morgan fingerprint density at radius 3 is 2.79 bits per heavy atom. The Balaban J connectivity index is 2.24. The minimum Gasteiger partial charge on any atom is -0.396 e. The lowest BCUT2D eigenvalue weighted by molar-refractivity contribution is 0.0686. The second-order valence-corrected chi connectivity index (χ2v) is 5.75. The van der Waals surface area contributed by atoms with Gasteiger partial charge in [-0.3, -0.25) is 9.48 Å². The van der Waals surface area contributed by atoms with Gasteiger partial charge >= 0.3 is 0 Å². The highest BCUT2D eigenvalue weighted by Gasteiger charge is 2.23. The summed E-state index contributed by atoms with van der Waals surface area (Å²) in [6.45, 7) is 4.57. The quantitative estimate of drug-likeness (QED) is 0.931. The lowest BCUT2D eigenvalue weighted by Gasteiger charge is -2.25. The van der Waals surface area contributed by atoms with Gasteiger partial charge in [-0.05, 0) is 25.3 Å². The first-order valence-corrected chi connectivity index (χ1v) is 6.99. The number of aromatic nitrogens is 2. The first-order chi connectivity index (χ1) is 8.99. The van der Waals surface area contributed by atoms with Crippen LogP contribution in [0.1, 0.15) is 29.2 Å². The third-order valence-electron chi connectivity index (χ3n) is 2.85. The number of nitrogens with two attached hydrogens (primary N) is 1. The molecule has 0 aliphatic heterocycles. The van der Waals surface area contributed by atoms with Gasteiger partial charge < -0.3 is 10.6 Å². The monoisotopic (exact) mass is 278 g/mol. The third-order valence-corrected chi connectivity index (χ3v) is 3.71. The van der Waals surface area contributed by atoms with E-state index >= 15 is 0 Å². The van der Waals surface area contributed by atoms with Gasteiger partial charge in [0.25, 0.3) is 5.91 Å². The lowest BCUT2D eigenvalue weighted by Crippen LogP contribution is -2.36. The van der Waals surface area contributed by atoms with Gasteiger partial charge in [0.15, 0.2) is 5.69 Å². The Hall–Kier alpha value is -1.82. The van der Waals surface area contributed by atoms with Crippen LogP contribution in [-0.4, -0.2) is 26.6 Å². The zero-order chi connectivity index (χ0) is 14.0. The van der Waals surface area contributed by atoms with Gasteiger partial charge in [-0.2, -0.15) is 5.10 Å². The van der Waals surface area contributed by atoms with Crippen molar-refractivity contribution in [2.24, 2.45) is 7.05 Å². The number of thiophene rings is 1. The minimum atomic E-state index is -0.124. The van der Waals surface area contributed by atoms with Gasteiger partial charge in [0.05, 0.1) is 12.2 Å². The second kappa shape index (κ2) is 5.44. The van der Waals surface area contributed by atoms with Crippen LogP contribution < -0.4 is 5.73 Å². The zero-order valence-corrected chi connectivity index (χ0v) is 12.1. The zero-order valence-electron chi connectivity index (χ0n) is 11.3. The summed E-state index contributed by atoms with van der Waals surface area (Å²) in [5.74, 6) is -0.124. The summed E-state index contributed by atoms with van der Waals surface area (Å²) < 4.78 is 1.56. The van der Waals surface area contributed by atoms with Crippen molar-refractivity contribution in [3.63, 3.8) is 0 Å². The molecule has 0 aliphatic rings. The molecule has 2 rings (SSSR count). The number of hydrogen-bond donors (Lipinski definition) is 1. The molecule has 0 unspecified atom stereocenters. The number of hydrogen-bond acceptors (Lipinski definition) is 4. The van der Waals surface area contributed by atoms with Crippen molar-refractivity contribution in [1.29, 1.82) is 0 Å². The van der Waals surface area contributed by atoms with Crippen LogP contribution in [0.5, 0.6) is 0 Å². The summed E-state index contributed by atoms with van der Waals surface area (Å²) in [6.07, 6.45) is 1.65. The number of aryl methyl sites for hydroxylation is 1. The molecule has 2 aromatic heterocycles. The van der Waals surface area contributed by atoms with Gasteiger partial charge in [0.2, 0.25) is 0 Å². The van der Waals surface area contributed by atoms with E-state index in [9.17, 15) is 4.79 Å². The number of anilines is 1. The van der Waals surface area contributed by atoms with E-state index in [4.69, 9.17) is 5.73 Å². The summed E-state index contributed by atoms with van der Waals surface area (Å²) in [5.41, 5.74) is 6.57. The summed E-state index contributed by atoms with van der Waals surface area (Å²) in [7, 11) is 1.76. The topological polar surface area (TPSA) is 64.2 Å². The molecule has 0 atom stereocenters. The number of nitrogen functional groups attached to an aromatic ring is 1. The highest BCUT2D eigenvalue weighted by Crippen LogP contribution is 2.18. The van der Waals surface area contributed by atoms with Gasteiger partial charge in [-0.1, -0.05) is 6.07 Å². The normalized spacial score (nSPS) is 10.9. The average molecular weight is 278 g/mol. The average Bonchev–Trinajstić information content (AvgIpc) is 2.94. The molecule has 0 saturated carbocycles. The molecular weight excluding hydrogens is 260 g/mol. The van der Waals surface area contributed by atoms with E-state index < -0.39 is 0 Å². The number of rotatable bonds is 4. The minimum absolute atomic E-state index is 0.0935. The molecule has 5 nitrogen and oxygen atoms in total. The van der Waals surface area contributed by atoms with Crippen molar-refractivity contribution in [2.75, 3.05) is 5.73 Å². The van der Waals surface area contributed by atoms with Crippen molar-refractivity contribution in [1.82, 2.24) is 14.7 Å². The van der Waals surface area contributed by atoms with E-state index in [1.54, 1.807) is 34.2 Å². The van der Waals surface area contributed by atoms with Gasteiger partial charge in [0, 0.05) is 24.2 Å². The van der Waals surface area contributed by atoms with Crippen molar-refractivity contribution in [2.45, 2.75) is 26.4 Å². The van der Waals surface area contributed by atoms with Crippen LogP contribution in [0, 0.1) is 0 Å². The van der Waals surface area contributed by atoms with Crippen molar-refractivity contribution >= 4 is 22.9 Å². The van der Waals surface area contributed by atoms with Crippen LogP contribution >= 0.6 is 11.3 Å². The maximum absolute atomic E-state index is 12.5. The molecule has 0 aromatic carbocycles. The number of carbonyl (C=O) groups is 1. The molecule has 1 amide bonds. The smallest absolute Gasteiger partial charge is 0.277 e. The molecule has 0 saturated heterocycles. The second-order valence-electron chi connectivity index (χ2n) is 4.71. The standard InChI is InChI=1S/C13H18N4OS/c1-9(2)17(7-10-5-4-6-19-10)13(18)12-11(14)8-16(3)15-12/h4-6,8-9H,7,14H2,1-3H3. The molecule has 0 bridgehead atoms. The highest BCUT2D eigenvalue weighted by atomic mass is 32.1. The lowest BCUT2D eigenvalue weighted by atomic mass is 10.2. The largest absolute Gasteiger partial charge is 0.396 e. The molecule has 0 fully saturated rings. The summed E-state index contributed by atoms with van der Waals surface area (Å²) in [4.78, 5) is 15.5. The highest BCUT2D eigenvalue weighted by molar-refractivity contribution is 7.09. The van der Waals surface area contributed by atoms with E-state index in [1.807, 2.05) is 31.4 Å². The molecule has 102 valence electrons. The van der Waals surface area contributed by atoms with Gasteiger partial charge in [0.1, 0.15) is 0 Å². The van der Waals surface area contributed by atoms with E-state index in [-0.39, 0.29) is 11.9 Å². The summed E-state index contributed by atoms with van der Waals surface area (Å²) in [6, 6.07) is 4.10. The molecule has 19 heavy (non-hydrogen) atoms. The molecule has 0 radical (unpaired) electrons. The third kappa shape index (κ3) is 2.96. The molecule has 2 N–H and O–H groups in total. The SMILES string of the molecule is CC(C)N(Cc1cccs1)C(=O)c1nn(C)cc1N.